The number of fused-ring (bicyclic) bond motifs is 1. The van der Waals surface area contributed by atoms with Crippen molar-refractivity contribution in [1.82, 2.24) is 10.6 Å². The molecule has 0 aromatic heterocycles. The van der Waals surface area contributed by atoms with Crippen LogP contribution in [-0.4, -0.2) is 42.2 Å². The molecule has 1 fully saturated rings. The summed E-state index contributed by atoms with van der Waals surface area (Å²) in [6, 6.07) is 8.81. The minimum Gasteiger partial charge on any atom is -0.393 e. The third kappa shape index (κ3) is 5.57. The lowest BCUT2D eigenvalue weighted by molar-refractivity contribution is -0.128. The molecule has 206 valence electrons. The number of anilines is 1. The Balaban J connectivity index is 1.91. The Hall–Kier alpha value is -2.19. The van der Waals surface area contributed by atoms with E-state index >= 15 is 4.39 Å². The molecule has 1 aliphatic heterocycles. The molecular formula is C29H36Cl2FN3O3. The van der Waals surface area contributed by atoms with E-state index in [0.717, 1.165) is 0 Å². The minimum absolute atomic E-state index is 0.0790. The van der Waals surface area contributed by atoms with E-state index in [9.17, 15) is 14.7 Å². The first kappa shape index (κ1) is 28.8. The smallest absolute Gasteiger partial charge is 0.238 e. The van der Waals surface area contributed by atoms with Crippen LogP contribution in [0.15, 0.2) is 36.4 Å². The average molecular weight is 565 g/mol. The minimum atomic E-state index is -1.31. The lowest BCUT2D eigenvalue weighted by Gasteiger charge is -2.44. The van der Waals surface area contributed by atoms with Crippen molar-refractivity contribution < 1.29 is 19.1 Å². The summed E-state index contributed by atoms with van der Waals surface area (Å²) in [6.45, 7) is 6.05. The molecule has 6 nitrogen and oxygen atoms in total. The van der Waals surface area contributed by atoms with E-state index in [2.05, 4.69) is 16.0 Å². The summed E-state index contributed by atoms with van der Waals surface area (Å²) in [5, 5.41) is 19.5. The number of carbonyl (C=O) groups is 2. The first-order chi connectivity index (χ1) is 17.9. The monoisotopic (exact) mass is 563 g/mol. The third-order valence-electron chi connectivity index (χ3n) is 7.74. The molecule has 1 saturated carbocycles. The largest absolute Gasteiger partial charge is 0.393 e. The molecule has 38 heavy (non-hydrogen) atoms. The molecule has 1 aliphatic carbocycles. The molecular weight excluding hydrogens is 528 g/mol. The fourth-order valence-corrected chi connectivity index (χ4v) is 6.60. The number of amides is 2. The Labute approximate surface area is 233 Å². The molecule has 2 aliphatic rings. The van der Waals surface area contributed by atoms with E-state index in [-0.39, 0.29) is 40.0 Å². The number of aliphatic hydroxyl groups is 1. The molecule has 9 heteroatoms. The number of hydrogen-bond donors (Lipinski definition) is 4. The first-order valence-corrected chi connectivity index (χ1v) is 13.8. The molecule has 1 unspecified atom stereocenters. The number of rotatable bonds is 7. The number of likely N-dealkylation sites (N-methyl/N-ethyl adjacent to an activating group) is 1. The van der Waals surface area contributed by atoms with E-state index in [4.69, 9.17) is 23.2 Å². The lowest BCUT2D eigenvalue weighted by atomic mass is 9.59. The highest BCUT2D eigenvalue weighted by atomic mass is 35.5. The number of hydrogen-bond acceptors (Lipinski definition) is 4. The molecule has 1 heterocycles. The predicted molar refractivity (Wildman–Crippen MR) is 149 cm³/mol. The standard InChI is InChI=1S/C29H36Cl2FN3O3/c1-28(2,3)15-29(20-13-8-16(30)14-22(20)35-27(29)38)23(19-6-5-7-21(31)24(19)32)25(33-4)26(37)34-17-9-11-18(36)12-10-17/h5-8,13-14,17-18,23,25,33,36H,9-12,15H2,1-4H3,(H,34,37)(H,35,38)/t17?,18?,23?,25-,29+/m1/s1. The molecule has 0 saturated heterocycles. The summed E-state index contributed by atoms with van der Waals surface area (Å²) >= 11 is 12.5. The number of carbonyl (C=O) groups excluding carboxylic acids is 2. The maximum absolute atomic E-state index is 15.9. The Morgan fingerprint density at radius 1 is 1.18 bits per heavy atom. The van der Waals surface area contributed by atoms with Crippen LogP contribution in [0.25, 0.3) is 0 Å². The zero-order valence-corrected chi connectivity index (χ0v) is 23.7. The third-order valence-corrected chi connectivity index (χ3v) is 8.27. The van der Waals surface area contributed by atoms with Gasteiger partial charge in [0.05, 0.1) is 22.6 Å². The number of aliphatic hydroxyl groups excluding tert-OH is 1. The summed E-state index contributed by atoms with van der Waals surface area (Å²) in [6.07, 6.45) is 2.47. The fourth-order valence-electron chi connectivity index (χ4n) is 6.25. The molecule has 2 aromatic rings. The van der Waals surface area contributed by atoms with Crippen LogP contribution < -0.4 is 16.0 Å². The van der Waals surface area contributed by atoms with Crippen molar-refractivity contribution in [3.05, 3.63) is 63.4 Å². The predicted octanol–water partition coefficient (Wildman–Crippen LogP) is 5.55. The summed E-state index contributed by atoms with van der Waals surface area (Å²) in [5.41, 5.74) is -0.276. The van der Waals surface area contributed by atoms with Gasteiger partial charge in [0.1, 0.15) is 5.82 Å². The first-order valence-electron chi connectivity index (χ1n) is 13.1. The van der Waals surface area contributed by atoms with Gasteiger partial charge in [-0.2, -0.15) is 0 Å². The lowest BCUT2D eigenvalue weighted by Crippen LogP contribution is -2.57. The van der Waals surface area contributed by atoms with Crippen molar-refractivity contribution in [2.75, 3.05) is 12.4 Å². The quantitative estimate of drug-likeness (QED) is 0.355. The summed E-state index contributed by atoms with van der Waals surface area (Å²) < 4.78 is 15.9. The number of nitrogens with one attached hydrogen (secondary N) is 3. The van der Waals surface area contributed by atoms with Crippen molar-refractivity contribution in [3.63, 3.8) is 0 Å². The Kier molecular flexibility index (Phi) is 8.43. The van der Waals surface area contributed by atoms with Crippen molar-refractivity contribution in [2.45, 2.75) is 82.4 Å². The summed E-state index contributed by atoms with van der Waals surface area (Å²) in [4.78, 5) is 28.1. The van der Waals surface area contributed by atoms with Crippen LogP contribution in [0, 0.1) is 11.2 Å². The van der Waals surface area contributed by atoms with Gasteiger partial charge in [-0.15, -0.1) is 0 Å². The second kappa shape index (κ2) is 11.1. The topological polar surface area (TPSA) is 90.5 Å². The highest BCUT2D eigenvalue weighted by Crippen LogP contribution is 2.55. The average Bonchev–Trinajstić information content (AvgIpc) is 3.10. The van der Waals surface area contributed by atoms with Crippen molar-refractivity contribution >= 4 is 40.7 Å². The SMILES string of the molecule is CN[C@@H](C(=O)NC1CCC(O)CC1)C(c1cccc(Cl)c1F)[C@@]1(CC(C)(C)C)C(=O)Nc2cc(Cl)ccc21. The van der Waals surface area contributed by atoms with Crippen LogP contribution in [0.3, 0.4) is 0 Å². The van der Waals surface area contributed by atoms with Crippen LogP contribution in [0.5, 0.6) is 0 Å². The van der Waals surface area contributed by atoms with Gasteiger partial charge in [0.25, 0.3) is 0 Å². The van der Waals surface area contributed by atoms with Crippen molar-refractivity contribution in [1.29, 1.82) is 0 Å². The van der Waals surface area contributed by atoms with Crippen LogP contribution in [-0.2, 0) is 15.0 Å². The van der Waals surface area contributed by atoms with Gasteiger partial charge in [0, 0.05) is 22.7 Å². The van der Waals surface area contributed by atoms with Gasteiger partial charge in [0.2, 0.25) is 11.8 Å². The van der Waals surface area contributed by atoms with Crippen LogP contribution in [0.2, 0.25) is 10.0 Å². The van der Waals surface area contributed by atoms with Crippen LogP contribution >= 0.6 is 23.2 Å². The number of benzene rings is 2. The molecule has 2 amide bonds. The van der Waals surface area contributed by atoms with Crippen LogP contribution in [0.1, 0.15) is 69.9 Å². The molecule has 0 spiro atoms. The van der Waals surface area contributed by atoms with Gasteiger partial charge >= 0.3 is 0 Å². The van der Waals surface area contributed by atoms with Crippen molar-refractivity contribution in [2.24, 2.45) is 5.41 Å². The van der Waals surface area contributed by atoms with Gasteiger partial charge < -0.3 is 21.1 Å². The second-order valence-corrected chi connectivity index (χ2v) is 12.6. The van der Waals surface area contributed by atoms with Gasteiger partial charge in [-0.3, -0.25) is 9.59 Å². The van der Waals surface area contributed by atoms with Gasteiger partial charge in [-0.25, -0.2) is 4.39 Å². The molecule has 0 bridgehead atoms. The second-order valence-electron chi connectivity index (χ2n) is 11.8. The highest BCUT2D eigenvalue weighted by molar-refractivity contribution is 6.31. The molecule has 3 atom stereocenters. The molecule has 0 radical (unpaired) electrons. The van der Waals surface area contributed by atoms with Crippen LogP contribution in [0.4, 0.5) is 10.1 Å². The number of halogens is 3. The van der Waals surface area contributed by atoms with E-state index < -0.39 is 23.2 Å². The molecule has 4 N–H and O–H groups in total. The van der Waals surface area contributed by atoms with Gasteiger partial charge in [-0.1, -0.05) is 62.2 Å². The fraction of sp³-hybridized carbons (Fsp3) is 0.517. The van der Waals surface area contributed by atoms with E-state index in [1.807, 2.05) is 20.8 Å². The zero-order valence-electron chi connectivity index (χ0n) is 22.2. The maximum Gasteiger partial charge on any atom is 0.238 e. The Morgan fingerprint density at radius 3 is 2.50 bits per heavy atom. The van der Waals surface area contributed by atoms with E-state index in [1.54, 1.807) is 37.4 Å². The Morgan fingerprint density at radius 2 is 1.87 bits per heavy atom. The van der Waals surface area contributed by atoms with Crippen molar-refractivity contribution in [3.8, 4) is 0 Å². The summed E-state index contributed by atoms with van der Waals surface area (Å²) in [7, 11) is 1.64. The highest BCUT2D eigenvalue weighted by Gasteiger charge is 2.58. The maximum atomic E-state index is 15.9. The zero-order chi connectivity index (χ0) is 27.8. The van der Waals surface area contributed by atoms with E-state index in [0.29, 0.717) is 48.4 Å². The Bertz CT molecular complexity index is 1210. The summed E-state index contributed by atoms with van der Waals surface area (Å²) in [5.74, 6) is -2.25. The van der Waals surface area contributed by atoms with Gasteiger partial charge in [-0.05, 0) is 73.9 Å². The van der Waals surface area contributed by atoms with E-state index in [1.165, 1.54) is 6.07 Å². The van der Waals surface area contributed by atoms with Gasteiger partial charge in [0.15, 0.2) is 0 Å². The molecule has 4 rings (SSSR count). The normalized spacial score (nSPS) is 24.9. The molecule has 2 aromatic carbocycles.